The van der Waals surface area contributed by atoms with Gasteiger partial charge in [0.25, 0.3) is 5.91 Å². The van der Waals surface area contributed by atoms with Gasteiger partial charge in [-0.05, 0) is 30.5 Å². The molecule has 2 heterocycles. The van der Waals surface area contributed by atoms with E-state index < -0.39 is 0 Å². The maximum Gasteiger partial charge on any atom is 0.265 e. The van der Waals surface area contributed by atoms with Crippen molar-refractivity contribution in [3.05, 3.63) is 47.1 Å². The van der Waals surface area contributed by atoms with E-state index in [1.165, 1.54) is 29.2 Å². The van der Waals surface area contributed by atoms with Crippen LogP contribution in [0.3, 0.4) is 0 Å². The molecule has 0 unspecified atom stereocenters. The van der Waals surface area contributed by atoms with E-state index in [4.69, 9.17) is 9.47 Å². The highest BCUT2D eigenvalue weighted by Gasteiger charge is 2.18. The molecular weight excluding hydrogens is 361 g/mol. The zero-order valence-electron chi connectivity index (χ0n) is 13.3. The second-order valence-corrected chi connectivity index (χ2v) is 7.34. The van der Waals surface area contributed by atoms with Gasteiger partial charge in [-0.2, -0.15) is 0 Å². The molecule has 1 aromatic heterocycles. The number of amides is 1. The lowest BCUT2D eigenvalue weighted by Gasteiger charge is -2.20. The van der Waals surface area contributed by atoms with Gasteiger partial charge in [0.05, 0.1) is 10.6 Å². The molecular formula is C18H14FNO3S2. The summed E-state index contributed by atoms with van der Waals surface area (Å²) < 4.78 is 25.7. The fourth-order valence-corrected chi connectivity index (χ4v) is 4.18. The maximum absolute atomic E-state index is 13.8. The van der Waals surface area contributed by atoms with Crippen LogP contribution < -0.4 is 14.8 Å². The van der Waals surface area contributed by atoms with E-state index in [1.54, 1.807) is 24.3 Å². The van der Waals surface area contributed by atoms with E-state index in [9.17, 15) is 9.18 Å². The minimum absolute atomic E-state index is 0.271. The summed E-state index contributed by atoms with van der Waals surface area (Å²) in [5.41, 5.74) is 0.652. The van der Waals surface area contributed by atoms with Crippen LogP contribution in [0.15, 0.2) is 41.3 Å². The molecule has 7 heteroatoms. The van der Waals surface area contributed by atoms with Gasteiger partial charge in [-0.3, -0.25) is 4.79 Å². The van der Waals surface area contributed by atoms with Gasteiger partial charge >= 0.3 is 0 Å². The number of hydrogen-bond donors (Lipinski definition) is 1. The molecule has 1 aliphatic rings. The van der Waals surface area contributed by atoms with Crippen LogP contribution >= 0.6 is 23.1 Å². The Balaban J connectivity index is 1.66. The molecule has 4 rings (SSSR count). The molecule has 0 radical (unpaired) electrons. The van der Waals surface area contributed by atoms with E-state index >= 15 is 0 Å². The summed E-state index contributed by atoms with van der Waals surface area (Å²) in [6.07, 6.45) is 1.93. The number of carbonyl (C=O) groups is 1. The van der Waals surface area contributed by atoms with Crippen LogP contribution in [0.25, 0.3) is 10.1 Å². The summed E-state index contributed by atoms with van der Waals surface area (Å²) in [5, 5.41) is 3.36. The topological polar surface area (TPSA) is 47.6 Å². The van der Waals surface area contributed by atoms with Crippen molar-refractivity contribution >= 4 is 44.8 Å². The number of rotatable bonds is 3. The van der Waals surface area contributed by atoms with Gasteiger partial charge in [0, 0.05) is 21.0 Å². The molecule has 1 N–H and O–H groups in total. The first kappa shape index (κ1) is 16.2. The van der Waals surface area contributed by atoms with Crippen molar-refractivity contribution in [2.24, 2.45) is 0 Å². The number of ether oxygens (including phenoxy) is 2. The zero-order chi connectivity index (χ0) is 17.4. The lowest BCUT2D eigenvalue weighted by atomic mass is 10.2. The number of anilines is 1. The summed E-state index contributed by atoms with van der Waals surface area (Å²) in [6.45, 7) is 0.995. The quantitative estimate of drug-likeness (QED) is 0.669. The Hall–Kier alpha value is -2.25. The zero-order valence-corrected chi connectivity index (χ0v) is 14.9. The Bertz CT molecular complexity index is 970. The Morgan fingerprint density at radius 2 is 1.96 bits per heavy atom. The van der Waals surface area contributed by atoms with Crippen LogP contribution in [0.4, 0.5) is 10.1 Å². The molecule has 0 bridgehead atoms. The van der Waals surface area contributed by atoms with E-state index in [0.717, 1.165) is 9.60 Å². The standard InChI is InChI=1S/C18H14FNO3S2/c1-24-16-9-14-13(22-5-6-23-14)8-12(16)20-18(21)17-7-10-11(19)3-2-4-15(10)25-17/h2-4,7-9H,5-6H2,1H3,(H,20,21). The van der Waals surface area contributed by atoms with Crippen LogP contribution in [0.2, 0.25) is 0 Å². The third-order valence-electron chi connectivity index (χ3n) is 3.84. The first-order chi connectivity index (χ1) is 12.2. The minimum atomic E-state index is -0.322. The van der Waals surface area contributed by atoms with E-state index in [1.807, 2.05) is 12.3 Å². The fourth-order valence-electron chi connectivity index (χ4n) is 2.66. The Kier molecular flexibility index (Phi) is 4.27. The molecule has 0 atom stereocenters. The van der Waals surface area contributed by atoms with Gasteiger partial charge in [-0.15, -0.1) is 23.1 Å². The second kappa shape index (κ2) is 6.57. The SMILES string of the molecule is CSc1cc2c(cc1NC(=O)c1cc3c(F)cccc3s1)OCCO2. The Morgan fingerprint density at radius 1 is 1.20 bits per heavy atom. The fraction of sp³-hybridized carbons (Fsp3) is 0.167. The number of hydrogen-bond acceptors (Lipinski definition) is 5. The van der Waals surface area contributed by atoms with Crippen molar-refractivity contribution in [2.45, 2.75) is 4.90 Å². The number of nitrogens with one attached hydrogen (secondary N) is 1. The first-order valence-electron chi connectivity index (χ1n) is 7.63. The smallest absolute Gasteiger partial charge is 0.265 e. The number of thiophene rings is 1. The molecule has 0 aliphatic carbocycles. The van der Waals surface area contributed by atoms with Gasteiger partial charge in [0.1, 0.15) is 19.0 Å². The number of benzene rings is 2. The van der Waals surface area contributed by atoms with Crippen LogP contribution in [0.5, 0.6) is 11.5 Å². The monoisotopic (exact) mass is 375 g/mol. The molecule has 0 spiro atoms. The molecule has 25 heavy (non-hydrogen) atoms. The third kappa shape index (κ3) is 3.05. The van der Waals surface area contributed by atoms with E-state index in [2.05, 4.69) is 5.32 Å². The van der Waals surface area contributed by atoms with Gasteiger partial charge < -0.3 is 14.8 Å². The second-order valence-electron chi connectivity index (χ2n) is 5.41. The number of thioether (sulfide) groups is 1. The number of fused-ring (bicyclic) bond motifs is 2. The minimum Gasteiger partial charge on any atom is -0.486 e. The van der Waals surface area contributed by atoms with Crippen molar-refractivity contribution in [3.63, 3.8) is 0 Å². The first-order valence-corrected chi connectivity index (χ1v) is 9.67. The molecule has 4 nitrogen and oxygen atoms in total. The summed E-state index contributed by atoms with van der Waals surface area (Å²) in [6, 6.07) is 10.1. The summed E-state index contributed by atoms with van der Waals surface area (Å²) in [5.74, 6) is 0.698. The normalized spacial score (nSPS) is 13.0. The predicted molar refractivity (Wildman–Crippen MR) is 98.9 cm³/mol. The number of carbonyl (C=O) groups excluding carboxylic acids is 1. The van der Waals surface area contributed by atoms with Gasteiger partial charge in [0.15, 0.2) is 11.5 Å². The molecule has 1 amide bonds. The highest BCUT2D eigenvalue weighted by atomic mass is 32.2. The molecule has 0 fully saturated rings. The van der Waals surface area contributed by atoms with E-state index in [-0.39, 0.29) is 11.7 Å². The highest BCUT2D eigenvalue weighted by Crippen LogP contribution is 2.39. The van der Waals surface area contributed by atoms with Crippen LogP contribution in [-0.2, 0) is 0 Å². The van der Waals surface area contributed by atoms with Gasteiger partial charge in [-0.25, -0.2) is 4.39 Å². The van der Waals surface area contributed by atoms with Crippen LogP contribution in [0, 0.1) is 5.82 Å². The number of halogens is 1. The average Bonchev–Trinajstić information content (AvgIpc) is 3.07. The third-order valence-corrected chi connectivity index (χ3v) is 5.72. The van der Waals surface area contributed by atoms with Crippen LogP contribution in [-0.4, -0.2) is 25.4 Å². The van der Waals surface area contributed by atoms with Crippen molar-refractivity contribution < 1.29 is 18.7 Å². The summed E-state index contributed by atoms with van der Waals surface area (Å²) in [7, 11) is 0. The molecule has 1 aliphatic heterocycles. The largest absolute Gasteiger partial charge is 0.486 e. The average molecular weight is 375 g/mol. The molecule has 0 saturated heterocycles. The van der Waals surface area contributed by atoms with Crippen molar-refractivity contribution in [1.82, 2.24) is 0 Å². The van der Waals surface area contributed by atoms with Crippen molar-refractivity contribution in [3.8, 4) is 11.5 Å². The predicted octanol–water partition coefficient (Wildman–Crippen LogP) is 4.79. The maximum atomic E-state index is 13.8. The molecule has 3 aromatic rings. The molecule has 2 aromatic carbocycles. The molecule has 0 saturated carbocycles. The summed E-state index contributed by atoms with van der Waals surface area (Å²) in [4.78, 5) is 14.0. The summed E-state index contributed by atoms with van der Waals surface area (Å²) >= 11 is 2.77. The highest BCUT2D eigenvalue weighted by molar-refractivity contribution is 7.98. The Morgan fingerprint density at radius 3 is 2.68 bits per heavy atom. The van der Waals surface area contributed by atoms with Gasteiger partial charge in [0.2, 0.25) is 0 Å². The molecule has 128 valence electrons. The van der Waals surface area contributed by atoms with Gasteiger partial charge in [-0.1, -0.05) is 6.07 Å². The Labute approximate surface area is 151 Å². The van der Waals surface area contributed by atoms with E-state index in [0.29, 0.717) is 40.7 Å². The van der Waals surface area contributed by atoms with Crippen LogP contribution in [0.1, 0.15) is 9.67 Å². The van der Waals surface area contributed by atoms with Crippen molar-refractivity contribution in [2.75, 3.05) is 24.8 Å². The van der Waals surface area contributed by atoms with Crippen molar-refractivity contribution in [1.29, 1.82) is 0 Å². The lowest BCUT2D eigenvalue weighted by Crippen LogP contribution is -2.16. The lowest BCUT2D eigenvalue weighted by molar-refractivity contribution is 0.103.